The minimum atomic E-state index is 0. The fraction of sp³-hybridized carbons (Fsp3) is 0.211. The lowest BCUT2D eigenvalue weighted by Crippen LogP contribution is -2.37. The summed E-state index contributed by atoms with van der Waals surface area (Å²) in [6.07, 6.45) is 5.50. The molecule has 0 aliphatic heterocycles. The molecule has 0 radical (unpaired) electrons. The molecule has 0 aliphatic rings. The molecule has 0 fully saturated rings. The van der Waals surface area contributed by atoms with Crippen molar-refractivity contribution >= 4 is 29.9 Å². The fourth-order valence-electron chi connectivity index (χ4n) is 2.41. The Morgan fingerprint density at radius 3 is 2.73 bits per heavy atom. The SMILES string of the molecule is CCNC(=NCc1cccc(-n2cccn2)c1)NCc1ccccn1.I. The molecule has 3 rings (SSSR count). The van der Waals surface area contributed by atoms with Crippen LogP contribution in [0.2, 0.25) is 0 Å². The number of pyridine rings is 1. The molecule has 26 heavy (non-hydrogen) atoms. The number of rotatable bonds is 6. The van der Waals surface area contributed by atoms with Crippen molar-refractivity contribution in [3.63, 3.8) is 0 Å². The normalized spacial score (nSPS) is 10.9. The van der Waals surface area contributed by atoms with Crippen molar-refractivity contribution in [1.29, 1.82) is 0 Å². The Kier molecular flexibility index (Phi) is 8.07. The van der Waals surface area contributed by atoms with E-state index in [2.05, 4.69) is 44.8 Å². The Hall–Kier alpha value is -2.42. The molecule has 3 aromatic rings. The number of aliphatic imine (C=N–C) groups is 1. The molecule has 2 heterocycles. The molecule has 7 heteroatoms. The molecule has 0 bridgehead atoms. The van der Waals surface area contributed by atoms with E-state index < -0.39 is 0 Å². The summed E-state index contributed by atoms with van der Waals surface area (Å²) in [7, 11) is 0. The van der Waals surface area contributed by atoms with E-state index in [1.165, 1.54) is 0 Å². The third kappa shape index (κ3) is 5.83. The fourth-order valence-corrected chi connectivity index (χ4v) is 2.41. The average Bonchev–Trinajstić information content (AvgIpc) is 3.20. The lowest BCUT2D eigenvalue weighted by Gasteiger charge is -2.11. The van der Waals surface area contributed by atoms with Crippen LogP contribution in [0.5, 0.6) is 0 Å². The van der Waals surface area contributed by atoms with Gasteiger partial charge in [0.15, 0.2) is 5.96 Å². The molecule has 0 amide bonds. The third-order valence-electron chi connectivity index (χ3n) is 3.61. The molecule has 0 saturated heterocycles. The molecule has 2 aromatic heterocycles. The second-order valence-corrected chi connectivity index (χ2v) is 5.49. The summed E-state index contributed by atoms with van der Waals surface area (Å²) >= 11 is 0. The number of aromatic nitrogens is 3. The number of hydrogen-bond donors (Lipinski definition) is 2. The Balaban J connectivity index is 0.00000243. The maximum atomic E-state index is 4.66. The number of benzene rings is 1. The Labute approximate surface area is 170 Å². The van der Waals surface area contributed by atoms with Gasteiger partial charge in [0.25, 0.3) is 0 Å². The van der Waals surface area contributed by atoms with E-state index >= 15 is 0 Å². The summed E-state index contributed by atoms with van der Waals surface area (Å²) in [6.45, 7) is 4.09. The summed E-state index contributed by atoms with van der Waals surface area (Å²) in [4.78, 5) is 8.97. The minimum Gasteiger partial charge on any atom is -0.357 e. The Morgan fingerprint density at radius 1 is 1.08 bits per heavy atom. The van der Waals surface area contributed by atoms with E-state index in [9.17, 15) is 0 Å². The van der Waals surface area contributed by atoms with Gasteiger partial charge >= 0.3 is 0 Å². The first-order valence-electron chi connectivity index (χ1n) is 8.36. The van der Waals surface area contributed by atoms with Gasteiger partial charge in [-0.1, -0.05) is 18.2 Å². The zero-order valence-electron chi connectivity index (χ0n) is 14.7. The summed E-state index contributed by atoms with van der Waals surface area (Å²) in [6, 6.07) is 16.0. The van der Waals surface area contributed by atoms with Gasteiger partial charge in [0.05, 0.1) is 24.5 Å². The summed E-state index contributed by atoms with van der Waals surface area (Å²) < 4.78 is 1.84. The van der Waals surface area contributed by atoms with Crippen molar-refractivity contribution in [3.05, 3.63) is 78.4 Å². The van der Waals surface area contributed by atoms with Gasteiger partial charge in [0.2, 0.25) is 0 Å². The molecule has 0 aliphatic carbocycles. The van der Waals surface area contributed by atoms with Crippen LogP contribution in [0.1, 0.15) is 18.2 Å². The predicted octanol–water partition coefficient (Wildman–Crippen LogP) is 3.14. The molecular weight excluding hydrogens is 439 g/mol. The van der Waals surface area contributed by atoms with Crippen LogP contribution in [0, 0.1) is 0 Å². The Morgan fingerprint density at radius 2 is 2.00 bits per heavy atom. The van der Waals surface area contributed by atoms with Gasteiger partial charge in [-0.3, -0.25) is 4.98 Å². The van der Waals surface area contributed by atoms with E-state index in [4.69, 9.17) is 0 Å². The van der Waals surface area contributed by atoms with Crippen molar-refractivity contribution in [2.75, 3.05) is 6.54 Å². The van der Waals surface area contributed by atoms with Crippen LogP contribution >= 0.6 is 24.0 Å². The van der Waals surface area contributed by atoms with E-state index in [0.29, 0.717) is 13.1 Å². The molecule has 0 atom stereocenters. The van der Waals surface area contributed by atoms with Gasteiger partial charge < -0.3 is 10.6 Å². The van der Waals surface area contributed by atoms with Crippen LogP contribution in [0.25, 0.3) is 5.69 Å². The van der Waals surface area contributed by atoms with Crippen molar-refractivity contribution in [3.8, 4) is 5.69 Å². The van der Waals surface area contributed by atoms with E-state index in [1.807, 2.05) is 47.3 Å². The van der Waals surface area contributed by atoms with E-state index in [1.54, 1.807) is 12.4 Å². The zero-order chi connectivity index (χ0) is 17.3. The van der Waals surface area contributed by atoms with Crippen LogP contribution in [-0.4, -0.2) is 27.3 Å². The lowest BCUT2D eigenvalue weighted by atomic mass is 10.2. The summed E-state index contributed by atoms with van der Waals surface area (Å²) in [5.41, 5.74) is 3.14. The molecule has 6 nitrogen and oxygen atoms in total. The smallest absolute Gasteiger partial charge is 0.191 e. The Bertz CT molecular complexity index is 802. The van der Waals surface area contributed by atoms with Gasteiger partial charge in [0, 0.05) is 25.1 Å². The highest BCUT2D eigenvalue weighted by Gasteiger charge is 2.01. The maximum Gasteiger partial charge on any atom is 0.191 e. The molecule has 0 saturated carbocycles. The molecule has 136 valence electrons. The van der Waals surface area contributed by atoms with Crippen molar-refractivity contribution < 1.29 is 0 Å². The second-order valence-electron chi connectivity index (χ2n) is 5.49. The van der Waals surface area contributed by atoms with Crippen LogP contribution in [0.4, 0.5) is 0 Å². The van der Waals surface area contributed by atoms with Crippen molar-refractivity contribution in [2.24, 2.45) is 4.99 Å². The number of nitrogens with zero attached hydrogens (tertiary/aromatic N) is 4. The number of guanidine groups is 1. The van der Waals surface area contributed by atoms with Crippen LogP contribution in [0.15, 0.2) is 72.1 Å². The van der Waals surface area contributed by atoms with Gasteiger partial charge in [0.1, 0.15) is 0 Å². The maximum absolute atomic E-state index is 4.66. The predicted molar refractivity (Wildman–Crippen MR) is 115 cm³/mol. The van der Waals surface area contributed by atoms with Gasteiger partial charge in [-0.05, 0) is 42.8 Å². The van der Waals surface area contributed by atoms with Crippen molar-refractivity contribution in [1.82, 2.24) is 25.4 Å². The standard InChI is InChI=1S/C19H22N6.HI/c1-2-20-19(23-15-17-8-3-4-10-21-17)22-14-16-7-5-9-18(13-16)25-12-6-11-24-25;/h3-13H,2,14-15H2,1H3,(H2,20,22,23);1H. The molecule has 0 unspecified atom stereocenters. The first-order valence-corrected chi connectivity index (χ1v) is 8.36. The zero-order valence-corrected chi connectivity index (χ0v) is 17.0. The average molecular weight is 462 g/mol. The summed E-state index contributed by atoms with van der Waals surface area (Å²) in [5.74, 6) is 0.776. The molecular formula is C19H23IN6. The number of hydrogen-bond acceptors (Lipinski definition) is 3. The largest absolute Gasteiger partial charge is 0.357 e. The van der Waals surface area contributed by atoms with Gasteiger partial charge in [-0.25, -0.2) is 9.67 Å². The monoisotopic (exact) mass is 462 g/mol. The first kappa shape index (κ1) is 19.9. The number of nitrogens with one attached hydrogen (secondary N) is 2. The van der Waals surface area contributed by atoms with Crippen molar-refractivity contribution in [2.45, 2.75) is 20.0 Å². The first-order chi connectivity index (χ1) is 12.3. The molecule has 0 spiro atoms. The second kappa shape index (κ2) is 10.5. The quantitative estimate of drug-likeness (QED) is 0.336. The molecule has 2 N–H and O–H groups in total. The summed E-state index contributed by atoms with van der Waals surface area (Å²) in [5, 5.41) is 10.8. The minimum absolute atomic E-state index is 0. The van der Waals surface area contributed by atoms with Crippen LogP contribution in [0.3, 0.4) is 0 Å². The molecule has 1 aromatic carbocycles. The lowest BCUT2D eigenvalue weighted by molar-refractivity contribution is 0.799. The highest BCUT2D eigenvalue weighted by molar-refractivity contribution is 14.0. The highest BCUT2D eigenvalue weighted by Crippen LogP contribution is 2.10. The van der Waals surface area contributed by atoms with E-state index in [-0.39, 0.29) is 24.0 Å². The number of halogens is 1. The highest BCUT2D eigenvalue weighted by atomic mass is 127. The topological polar surface area (TPSA) is 67.1 Å². The van der Waals surface area contributed by atoms with Crippen LogP contribution < -0.4 is 10.6 Å². The van der Waals surface area contributed by atoms with Gasteiger partial charge in [-0.15, -0.1) is 24.0 Å². The van der Waals surface area contributed by atoms with E-state index in [0.717, 1.165) is 29.4 Å². The third-order valence-corrected chi connectivity index (χ3v) is 3.61. The van der Waals surface area contributed by atoms with Gasteiger partial charge in [-0.2, -0.15) is 5.10 Å². The van der Waals surface area contributed by atoms with Crippen LogP contribution in [-0.2, 0) is 13.1 Å².